The lowest BCUT2D eigenvalue weighted by Gasteiger charge is -2.22. The van der Waals surface area contributed by atoms with Crippen LogP contribution >= 0.6 is 35.6 Å². The highest BCUT2D eigenvalue weighted by Gasteiger charge is 2.31. The molecule has 0 aliphatic heterocycles. The summed E-state index contributed by atoms with van der Waals surface area (Å²) in [5.74, 6) is 0.805. The summed E-state index contributed by atoms with van der Waals surface area (Å²) in [7, 11) is 7.56. The molecular formula is C14H21ClF3IN4O. The Morgan fingerprint density at radius 1 is 1.25 bits per heavy atom. The van der Waals surface area contributed by atoms with E-state index >= 15 is 0 Å². The maximum absolute atomic E-state index is 12.5. The van der Waals surface area contributed by atoms with Crippen molar-refractivity contribution in [3.8, 4) is 5.88 Å². The second-order valence-electron chi connectivity index (χ2n) is 5.18. The first-order chi connectivity index (χ1) is 10.6. The maximum Gasteiger partial charge on any atom is 0.417 e. The van der Waals surface area contributed by atoms with E-state index in [2.05, 4.69) is 9.98 Å². The van der Waals surface area contributed by atoms with Crippen molar-refractivity contribution in [2.75, 3.05) is 41.3 Å². The number of hydrogen-bond donors (Lipinski definition) is 0. The van der Waals surface area contributed by atoms with E-state index in [-0.39, 0.29) is 41.5 Å². The third-order valence-electron chi connectivity index (χ3n) is 2.73. The summed E-state index contributed by atoms with van der Waals surface area (Å²) in [6.07, 6.45) is -3.18. The molecule has 0 saturated carbocycles. The van der Waals surface area contributed by atoms with Crippen LogP contribution in [0.15, 0.2) is 17.3 Å². The molecule has 5 nitrogen and oxygen atoms in total. The van der Waals surface area contributed by atoms with E-state index in [0.29, 0.717) is 19.2 Å². The van der Waals surface area contributed by atoms with Gasteiger partial charge in [0.05, 0.1) is 12.2 Å². The molecule has 0 saturated heterocycles. The minimum atomic E-state index is -4.47. The number of rotatable bonds is 5. The van der Waals surface area contributed by atoms with E-state index in [1.165, 1.54) is 0 Å². The van der Waals surface area contributed by atoms with Crippen molar-refractivity contribution < 1.29 is 17.9 Å². The van der Waals surface area contributed by atoms with E-state index < -0.39 is 11.7 Å². The number of guanidine groups is 1. The first-order valence-corrected chi connectivity index (χ1v) is 7.25. The standard InChI is InChI=1S/C14H20ClF3N4O.HI/c1-21(2)13(22(3)4)19-6-5-7-23-12-11(15)8-10(9-20-12)14(16,17)18;/h8-9H,5-7H2,1-4H3;1H. The summed E-state index contributed by atoms with van der Waals surface area (Å²) < 4.78 is 42.8. The number of pyridine rings is 1. The van der Waals surface area contributed by atoms with Gasteiger partial charge >= 0.3 is 6.18 Å². The Morgan fingerprint density at radius 3 is 2.29 bits per heavy atom. The van der Waals surface area contributed by atoms with Gasteiger partial charge in [-0.15, -0.1) is 24.0 Å². The Morgan fingerprint density at radius 2 is 1.83 bits per heavy atom. The van der Waals surface area contributed by atoms with Crippen LogP contribution in [0, 0.1) is 0 Å². The summed E-state index contributed by atoms with van der Waals surface area (Å²) in [4.78, 5) is 11.8. The van der Waals surface area contributed by atoms with E-state index in [1.54, 1.807) is 0 Å². The molecule has 0 amide bonds. The topological polar surface area (TPSA) is 41.0 Å². The Labute approximate surface area is 161 Å². The molecule has 0 bridgehead atoms. The Hall–Kier alpha value is -0.970. The second-order valence-corrected chi connectivity index (χ2v) is 5.59. The molecule has 1 rings (SSSR count). The van der Waals surface area contributed by atoms with Crippen LogP contribution in [0.1, 0.15) is 12.0 Å². The van der Waals surface area contributed by atoms with Crippen LogP contribution in [0.2, 0.25) is 5.02 Å². The van der Waals surface area contributed by atoms with Gasteiger partial charge in [0.2, 0.25) is 5.88 Å². The maximum atomic E-state index is 12.5. The molecule has 1 aromatic heterocycles. The molecule has 0 atom stereocenters. The fraction of sp³-hybridized carbons (Fsp3) is 0.571. The number of hydrogen-bond acceptors (Lipinski definition) is 3. The fourth-order valence-electron chi connectivity index (χ4n) is 1.78. The summed E-state index contributed by atoms with van der Waals surface area (Å²) >= 11 is 5.75. The average Bonchev–Trinajstić information content (AvgIpc) is 2.42. The normalized spacial score (nSPS) is 10.7. The SMILES string of the molecule is CN(C)C(=NCCCOc1ncc(C(F)(F)F)cc1Cl)N(C)C.I. The predicted molar refractivity (Wildman–Crippen MR) is 99.5 cm³/mol. The van der Waals surface area contributed by atoms with Crippen LogP contribution in [-0.2, 0) is 6.18 Å². The monoisotopic (exact) mass is 480 g/mol. The highest BCUT2D eigenvalue weighted by atomic mass is 127. The zero-order chi connectivity index (χ0) is 17.6. The molecule has 10 heteroatoms. The van der Waals surface area contributed by atoms with E-state index in [9.17, 15) is 13.2 Å². The minimum absolute atomic E-state index is 0. The zero-order valence-corrected chi connectivity index (χ0v) is 17.0. The molecule has 0 aliphatic rings. The molecule has 24 heavy (non-hydrogen) atoms. The van der Waals surface area contributed by atoms with Crippen LogP contribution in [-0.4, -0.2) is 62.1 Å². The number of aliphatic imine (C=N–C) groups is 1. The number of aromatic nitrogens is 1. The number of halogens is 5. The van der Waals surface area contributed by atoms with Crippen LogP contribution in [0.4, 0.5) is 13.2 Å². The largest absolute Gasteiger partial charge is 0.477 e. The fourth-order valence-corrected chi connectivity index (χ4v) is 2.00. The first-order valence-electron chi connectivity index (χ1n) is 6.87. The smallest absolute Gasteiger partial charge is 0.417 e. The minimum Gasteiger partial charge on any atom is -0.477 e. The van der Waals surface area contributed by atoms with Crippen molar-refractivity contribution in [1.29, 1.82) is 0 Å². The van der Waals surface area contributed by atoms with Gasteiger partial charge in [-0.05, 0) is 6.07 Å². The Balaban J connectivity index is 0.00000529. The summed E-state index contributed by atoms with van der Waals surface area (Å²) in [5, 5.41) is -0.161. The van der Waals surface area contributed by atoms with Gasteiger partial charge in [0.15, 0.2) is 5.96 Å². The summed E-state index contributed by atoms with van der Waals surface area (Å²) in [5.41, 5.74) is -0.902. The third-order valence-corrected chi connectivity index (χ3v) is 3.00. The van der Waals surface area contributed by atoms with Crippen LogP contribution in [0.5, 0.6) is 5.88 Å². The molecule has 0 spiro atoms. The highest BCUT2D eigenvalue weighted by molar-refractivity contribution is 14.0. The van der Waals surface area contributed by atoms with Crippen molar-refractivity contribution in [3.63, 3.8) is 0 Å². The van der Waals surface area contributed by atoms with Crippen molar-refractivity contribution in [2.24, 2.45) is 4.99 Å². The van der Waals surface area contributed by atoms with Crippen molar-refractivity contribution >= 4 is 41.5 Å². The van der Waals surface area contributed by atoms with Gasteiger partial charge in [-0.2, -0.15) is 13.2 Å². The summed E-state index contributed by atoms with van der Waals surface area (Å²) in [6.45, 7) is 0.777. The lowest BCUT2D eigenvalue weighted by atomic mass is 10.3. The van der Waals surface area contributed by atoms with Crippen molar-refractivity contribution in [2.45, 2.75) is 12.6 Å². The highest BCUT2D eigenvalue weighted by Crippen LogP contribution is 2.33. The molecule has 1 aromatic rings. The number of ether oxygens (including phenoxy) is 1. The van der Waals surface area contributed by atoms with Gasteiger partial charge in [-0.1, -0.05) is 11.6 Å². The van der Waals surface area contributed by atoms with Gasteiger partial charge in [-0.3, -0.25) is 4.99 Å². The summed E-state index contributed by atoms with van der Waals surface area (Å²) in [6, 6.07) is 0.804. The molecule has 0 fully saturated rings. The van der Waals surface area contributed by atoms with E-state index in [4.69, 9.17) is 16.3 Å². The first kappa shape index (κ1) is 23.0. The van der Waals surface area contributed by atoms with Crippen LogP contribution in [0.3, 0.4) is 0 Å². The van der Waals surface area contributed by atoms with Gasteiger partial charge < -0.3 is 14.5 Å². The molecule has 138 valence electrons. The van der Waals surface area contributed by atoms with Crippen LogP contribution < -0.4 is 4.74 Å². The molecule has 0 radical (unpaired) electrons. The van der Waals surface area contributed by atoms with Crippen molar-refractivity contribution in [1.82, 2.24) is 14.8 Å². The number of alkyl halides is 3. The van der Waals surface area contributed by atoms with E-state index in [1.807, 2.05) is 38.0 Å². The third kappa shape index (κ3) is 7.29. The molecule has 0 N–H and O–H groups in total. The second kappa shape index (κ2) is 10.1. The van der Waals surface area contributed by atoms with Gasteiger partial charge in [0.1, 0.15) is 5.02 Å². The predicted octanol–water partition coefficient (Wildman–Crippen LogP) is 3.62. The zero-order valence-electron chi connectivity index (χ0n) is 13.9. The number of nitrogens with zero attached hydrogens (tertiary/aromatic N) is 4. The molecule has 1 heterocycles. The molecule has 0 aromatic carbocycles. The lowest BCUT2D eigenvalue weighted by molar-refractivity contribution is -0.137. The van der Waals surface area contributed by atoms with Crippen molar-refractivity contribution in [3.05, 3.63) is 22.8 Å². The molecule has 0 unspecified atom stereocenters. The Bertz CT molecular complexity index is 543. The average molecular weight is 481 g/mol. The lowest BCUT2D eigenvalue weighted by Crippen LogP contribution is -2.35. The molecule has 0 aliphatic carbocycles. The van der Waals surface area contributed by atoms with Crippen LogP contribution in [0.25, 0.3) is 0 Å². The quantitative estimate of drug-likeness (QED) is 0.279. The Kier molecular flexibility index (Phi) is 9.71. The van der Waals surface area contributed by atoms with Gasteiger partial charge in [-0.25, -0.2) is 4.98 Å². The van der Waals surface area contributed by atoms with Gasteiger partial charge in [0, 0.05) is 47.4 Å². The van der Waals surface area contributed by atoms with Gasteiger partial charge in [0.25, 0.3) is 0 Å². The van der Waals surface area contributed by atoms with E-state index in [0.717, 1.165) is 12.0 Å². The molecular weight excluding hydrogens is 460 g/mol.